The summed E-state index contributed by atoms with van der Waals surface area (Å²) in [6.07, 6.45) is 0. The fraction of sp³-hybridized carbons (Fsp3) is 0.571. The summed E-state index contributed by atoms with van der Waals surface area (Å²) in [6.45, 7) is 10.5. The summed E-state index contributed by atoms with van der Waals surface area (Å²) in [4.78, 5) is 12.6. The van der Waals surface area contributed by atoms with Gasteiger partial charge in [-0.15, -0.1) is 0 Å². The highest BCUT2D eigenvalue weighted by Gasteiger charge is 2.21. The Morgan fingerprint density at radius 2 is 2.05 bits per heavy atom. The van der Waals surface area contributed by atoms with Crippen molar-refractivity contribution in [3.8, 4) is 0 Å². The lowest BCUT2D eigenvalue weighted by atomic mass is 9.92. The first-order valence-electron chi connectivity index (χ1n) is 6.51. The van der Waals surface area contributed by atoms with Crippen LogP contribution in [0.2, 0.25) is 0 Å². The van der Waals surface area contributed by atoms with Crippen LogP contribution in [0.3, 0.4) is 0 Å². The zero-order valence-electron chi connectivity index (χ0n) is 12.1. The van der Waals surface area contributed by atoms with Gasteiger partial charge in [-0.1, -0.05) is 13.8 Å². The maximum atomic E-state index is 10.8. The highest BCUT2D eigenvalue weighted by Crippen LogP contribution is 2.27. The first-order chi connectivity index (χ1) is 8.80. The molecule has 19 heavy (non-hydrogen) atoms. The van der Waals surface area contributed by atoms with Gasteiger partial charge in [0.1, 0.15) is 0 Å². The highest BCUT2D eigenvalue weighted by atomic mass is 16.6. The molecular formula is C14H23N3O2. The van der Waals surface area contributed by atoms with Crippen LogP contribution in [-0.2, 0) is 0 Å². The molecule has 5 heteroatoms. The number of nitrogens with two attached hydrogens (primary N) is 1. The molecule has 0 unspecified atom stereocenters. The van der Waals surface area contributed by atoms with E-state index < -0.39 is 0 Å². The molecule has 0 saturated carbocycles. The van der Waals surface area contributed by atoms with Crippen LogP contribution >= 0.6 is 0 Å². The molecule has 106 valence electrons. The monoisotopic (exact) mass is 265 g/mol. The van der Waals surface area contributed by atoms with Crippen molar-refractivity contribution < 1.29 is 4.92 Å². The minimum absolute atomic E-state index is 0.0181. The molecule has 0 fully saturated rings. The molecular weight excluding hydrogens is 242 g/mol. The number of benzene rings is 1. The molecule has 0 aromatic heterocycles. The quantitative estimate of drug-likeness (QED) is 0.634. The molecule has 0 aliphatic heterocycles. The van der Waals surface area contributed by atoms with E-state index in [-0.39, 0.29) is 16.0 Å². The van der Waals surface area contributed by atoms with Crippen LogP contribution in [0.25, 0.3) is 0 Å². The molecule has 0 atom stereocenters. The lowest BCUT2D eigenvalue weighted by Gasteiger charge is -2.33. The van der Waals surface area contributed by atoms with Gasteiger partial charge in [0.15, 0.2) is 0 Å². The molecule has 0 aliphatic carbocycles. The van der Waals surface area contributed by atoms with Gasteiger partial charge in [0, 0.05) is 30.9 Å². The fourth-order valence-corrected chi connectivity index (χ4v) is 2.06. The second-order valence-electron chi connectivity index (χ2n) is 5.61. The van der Waals surface area contributed by atoms with E-state index in [1.54, 1.807) is 12.1 Å². The summed E-state index contributed by atoms with van der Waals surface area (Å²) >= 11 is 0. The lowest BCUT2D eigenvalue weighted by molar-refractivity contribution is -0.384. The molecule has 0 bridgehead atoms. The summed E-state index contributed by atoms with van der Waals surface area (Å²) in [6, 6.07) is 5.00. The molecule has 0 heterocycles. The van der Waals surface area contributed by atoms with Gasteiger partial charge >= 0.3 is 0 Å². The Morgan fingerprint density at radius 1 is 1.42 bits per heavy atom. The average molecular weight is 265 g/mol. The van der Waals surface area contributed by atoms with Crippen molar-refractivity contribution in [3.63, 3.8) is 0 Å². The van der Waals surface area contributed by atoms with Crippen molar-refractivity contribution in [3.05, 3.63) is 33.9 Å². The minimum atomic E-state index is -0.364. The number of rotatable bonds is 6. The van der Waals surface area contributed by atoms with Crippen LogP contribution in [0.15, 0.2) is 18.2 Å². The van der Waals surface area contributed by atoms with Gasteiger partial charge < -0.3 is 10.6 Å². The maximum absolute atomic E-state index is 10.8. The Hall–Kier alpha value is -1.62. The van der Waals surface area contributed by atoms with Crippen LogP contribution in [0, 0.1) is 22.5 Å². The van der Waals surface area contributed by atoms with Crippen molar-refractivity contribution in [2.75, 3.05) is 24.5 Å². The number of anilines is 1. The van der Waals surface area contributed by atoms with Crippen LogP contribution in [-0.4, -0.2) is 24.6 Å². The maximum Gasteiger partial charge on any atom is 0.269 e. The van der Waals surface area contributed by atoms with Crippen LogP contribution in [0.5, 0.6) is 0 Å². The molecule has 2 N–H and O–H groups in total. The second kappa shape index (κ2) is 6.02. The topological polar surface area (TPSA) is 72.4 Å². The van der Waals surface area contributed by atoms with Gasteiger partial charge in [-0.05, 0) is 37.4 Å². The third kappa shape index (κ3) is 3.92. The average Bonchev–Trinajstić information content (AvgIpc) is 2.36. The van der Waals surface area contributed by atoms with Gasteiger partial charge in [-0.2, -0.15) is 0 Å². The van der Waals surface area contributed by atoms with Crippen LogP contribution < -0.4 is 10.6 Å². The van der Waals surface area contributed by atoms with Gasteiger partial charge in [0.25, 0.3) is 5.69 Å². The predicted molar refractivity (Wildman–Crippen MR) is 78.6 cm³/mol. The molecule has 0 radical (unpaired) electrons. The van der Waals surface area contributed by atoms with E-state index in [1.807, 2.05) is 13.0 Å². The number of hydrogen-bond acceptors (Lipinski definition) is 4. The normalized spacial score (nSPS) is 11.4. The Bertz CT molecular complexity index is 458. The second-order valence-corrected chi connectivity index (χ2v) is 5.61. The van der Waals surface area contributed by atoms with E-state index in [0.717, 1.165) is 24.3 Å². The van der Waals surface area contributed by atoms with Crippen molar-refractivity contribution in [1.29, 1.82) is 0 Å². The molecule has 1 rings (SSSR count). The van der Waals surface area contributed by atoms with Crippen molar-refractivity contribution in [1.82, 2.24) is 0 Å². The zero-order valence-corrected chi connectivity index (χ0v) is 12.1. The van der Waals surface area contributed by atoms with E-state index >= 15 is 0 Å². The molecule has 0 aliphatic rings. The number of non-ortho nitro benzene ring substituents is 1. The summed E-state index contributed by atoms with van der Waals surface area (Å²) in [5, 5.41) is 10.8. The number of hydrogen-bond donors (Lipinski definition) is 1. The molecule has 1 aromatic rings. The summed E-state index contributed by atoms with van der Waals surface area (Å²) < 4.78 is 0. The van der Waals surface area contributed by atoms with Gasteiger partial charge in [-0.3, -0.25) is 10.1 Å². The predicted octanol–water partition coefficient (Wildman–Crippen LogP) is 2.71. The Balaban J connectivity index is 3.02. The van der Waals surface area contributed by atoms with Crippen molar-refractivity contribution in [2.45, 2.75) is 27.7 Å². The number of aryl methyl sites for hydroxylation is 1. The summed E-state index contributed by atoms with van der Waals surface area (Å²) in [5.74, 6) is 0. The van der Waals surface area contributed by atoms with Crippen LogP contribution in [0.4, 0.5) is 11.4 Å². The lowest BCUT2D eigenvalue weighted by Crippen LogP contribution is -2.39. The van der Waals surface area contributed by atoms with Crippen LogP contribution in [0.1, 0.15) is 26.3 Å². The van der Waals surface area contributed by atoms with E-state index in [9.17, 15) is 10.1 Å². The Kier molecular flexibility index (Phi) is 4.89. The molecule has 0 saturated heterocycles. The van der Waals surface area contributed by atoms with E-state index in [2.05, 4.69) is 25.7 Å². The number of nitro groups is 1. The molecule has 0 amide bonds. The van der Waals surface area contributed by atoms with Crippen molar-refractivity contribution >= 4 is 11.4 Å². The third-order valence-corrected chi connectivity index (χ3v) is 3.29. The fourth-order valence-electron chi connectivity index (χ4n) is 2.06. The zero-order chi connectivity index (χ0) is 14.6. The SMILES string of the molecule is CCN(CC(C)(C)CN)c1ccc([N+](=O)[O-])cc1C. The van der Waals surface area contributed by atoms with Crippen molar-refractivity contribution in [2.24, 2.45) is 11.1 Å². The summed E-state index contributed by atoms with van der Waals surface area (Å²) in [5.41, 5.74) is 7.88. The summed E-state index contributed by atoms with van der Waals surface area (Å²) in [7, 11) is 0. The standard InChI is InChI=1S/C14H23N3O2/c1-5-16(10-14(3,4)9-15)13-7-6-12(17(18)19)8-11(13)2/h6-8H,5,9-10,15H2,1-4H3. The van der Waals surface area contributed by atoms with Gasteiger partial charge in [0.2, 0.25) is 0 Å². The van der Waals surface area contributed by atoms with E-state index in [0.29, 0.717) is 6.54 Å². The first-order valence-corrected chi connectivity index (χ1v) is 6.51. The first kappa shape index (κ1) is 15.4. The molecule has 5 nitrogen and oxygen atoms in total. The van der Waals surface area contributed by atoms with E-state index in [4.69, 9.17) is 5.73 Å². The minimum Gasteiger partial charge on any atom is -0.371 e. The molecule has 1 aromatic carbocycles. The van der Waals surface area contributed by atoms with E-state index in [1.165, 1.54) is 0 Å². The Labute approximate surface area is 114 Å². The smallest absolute Gasteiger partial charge is 0.269 e. The number of nitro benzene ring substituents is 1. The Morgan fingerprint density at radius 3 is 2.47 bits per heavy atom. The largest absolute Gasteiger partial charge is 0.371 e. The van der Waals surface area contributed by atoms with Gasteiger partial charge in [0.05, 0.1) is 4.92 Å². The highest BCUT2D eigenvalue weighted by molar-refractivity contribution is 5.57. The molecule has 0 spiro atoms. The van der Waals surface area contributed by atoms with Gasteiger partial charge in [-0.25, -0.2) is 0 Å². The third-order valence-electron chi connectivity index (χ3n) is 3.29. The number of nitrogens with zero attached hydrogens (tertiary/aromatic N) is 2.